The third kappa shape index (κ3) is 1.26. The molecule has 2 bridgehead atoms. The van der Waals surface area contributed by atoms with Gasteiger partial charge in [-0.3, -0.25) is 4.79 Å². The predicted molar refractivity (Wildman–Crippen MR) is 67.2 cm³/mol. The maximum absolute atomic E-state index is 12.5. The molecule has 0 aliphatic heterocycles. The molecule has 1 nitrogen and oxygen atoms in total. The molecule has 0 radical (unpaired) electrons. The van der Waals surface area contributed by atoms with Crippen molar-refractivity contribution in [2.75, 3.05) is 0 Å². The Morgan fingerprint density at radius 3 is 2.19 bits per heavy atom. The lowest BCUT2D eigenvalue weighted by molar-refractivity contribution is -0.124. The molecule has 2 atom stereocenters. The number of rotatable bonds is 1. The van der Waals surface area contributed by atoms with Crippen molar-refractivity contribution in [1.29, 1.82) is 0 Å². The second kappa shape index (κ2) is 3.00. The molecule has 0 aromatic carbocycles. The van der Waals surface area contributed by atoms with E-state index in [0.717, 1.165) is 5.57 Å². The number of Topliss-reactive ketones (excluding diaryl/α,β-unsaturated/α-hetero) is 1. The van der Waals surface area contributed by atoms with Crippen molar-refractivity contribution in [2.45, 2.75) is 54.4 Å². The minimum Gasteiger partial charge on any atom is -0.294 e. The molecule has 0 saturated heterocycles. The Bertz CT molecular complexity index is 367. The molecule has 2 aliphatic rings. The van der Waals surface area contributed by atoms with Gasteiger partial charge in [0.05, 0.1) is 0 Å². The van der Waals surface area contributed by atoms with Gasteiger partial charge in [-0.15, -0.1) is 0 Å². The molecule has 0 N–H and O–H groups in total. The van der Waals surface area contributed by atoms with Gasteiger partial charge in [0.1, 0.15) is 0 Å². The number of allylic oxidation sites excluding steroid dienone is 2. The van der Waals surface area contributed by atoms with Crippen LogP contribution in [0.25, 0.3) is 0 Å². The van der Waals surface area contributed by atoms with Crippen LogP contribution in [0.2, 0.25) is 0 Å². The topological polar surface area (TPSA) is 17.1 Å². The van der Waals surface area contributed by atoms with Gasteiger partial charge < -0.3 is 0 Å². The largest absolute Gasteiger partial charge is 0.294 e. The van der Waals surface area contributed by atoms with E-state index in [4.69, 9.17) is 0 Å². The number of hydrogen-bond donors (Lipinski definition) is 0. The first kappa shape index (κ1) is 11.9. The summed E-state index contributed by atoms with van der Waals surface area (Å²) in [5, 5.41) is 0. The highest BCUT2D eigenvalue weighted by atomic mass is 16.1. The molecule has 90 valence electrons. The van der Waals surface area contributed by atoms with Gasteiger partial charge in [-0.1, -0.05) is 47.6 Å². The van der Waals surface area contributed by atoms with Gasteiger partial charge in [-0.2, -0.15) is 0 Å². The predicted octanol–water partition coefficient (Wildman–Crippen LogP) is 3.98. The van der Waals surface area contributed by atoms with E-state index in [9.17, 15) is 4.79 Å². The van der Waals surface area contributed by atoms with E-state index >= 15 is 0 Å². The summed E-state index contributed by atoms with van der Waals surface area (Å²) >= 11 is 0. The highest BCUT2D eigenvalue weighted by Crippen LogP contribution is 2.65. The first-order valence-electron chi connectivity index (χ1n) is 6.38. The summed E-state index contributed by atoms with van der Waals surface area (Å²) in [5.74, 6) is 0.962. The summed E-state index contributed by atoms with van der Waals surface area (Å²) in [6, 6.07) is 0. The van der Waals surface area contributed by atoms with Crippen molar-refractivity contribution >= 4 is 5.78 Å². The second-order valence-electron chi connectivity index (χ2n) is 7.36. The first-order chi connectivity index (χ1) is 7.11. The highest BCUT2D eigenvalue weighted by Gasteiger charge is 2.59. The fraction of sp³-hybridized carbons (Fsp3) is 0.800. The second-order valence-corrected chi connectivity index (χ2v) is 7.36. The lowest BCUT2D eigenvalue weighted by atomic mass is 9.65. The molecule has 0 spiro atoms. The SMILES string of the molecule is CC(C)(C)C(=O)C1=C[C@H]2CC[C@]1(C)C2(C)C. The fourth-order valence-corrected chi connectivity index (χ4v) is 3.43. The van der Waals surface area contributed by atoms with Gasteiger partial charge in [0.2, 0.25) is 0 Å². The molecule has 2 rings (SSSR count). The molecule has 0 aromatic heterocycles. The third-order valence-electron chi connectivity index (χ3n) is 5.19. The lowest BCUT2D eigenvalue weighted by Gasteiger charge is -2.38. The molecule has 0 amide bonds. The summed E-state index contributed by atoms with van der Waals surface area (Å²) in [7, 11) is 0. The Balaban J connectivity index is 2.41. The minimum atomic E-state index is -0.241. The number of fused-ring (bicyclic) bond motifs is 2. The zero-order valence-electron chi connectivity index (χ0n) is 11.5. The van der Waals surface area contributed by atoms with Crippen molar-refractivity contribution < 1.29 is 4.79 Å². The van der Waals surface area contributed by atoms with E-state index < -0.39 is 0 Å². The Morgan fingerprint density at radius 2 is 1.88 bits per heavy atom. The first-order valence-corrected chi connectivity index (χ1v) is 6.38. The summed E-state index contributed by atoms with van der Waals surface area (Å²) in [4.78, 5) is 12.5. The average molecular weight is 220 g/mol. The van der Waals surface area contributed by atoms with Crippen molar-refractivity contribution in [2.24, 2.45) is 22.2 Å². The van der Waals surface area contributed by atoms with E-state index in [-0.39, 0.29) is 16.2 Å². The third-order valence-corrected chi connectivity index (χ3v) is 5.19. The smallest absolute Gasteiger partial charge is 0.164 e. The number of ketones is 1. The number of carbonyl (C=O) groups is 1. The van der Waals surface area contributed by atoms with Gasteiger partial charge in [-0.25, -0.2) is 0 Å². The van der Waals surface area contributed by atoms with Gasteiger partial charge in [0.15, 0.2) is 5.78 Å². The van der Waals surface area contributed by atoms with E-state index in [1.807, 2.05) is 20.8 Å². The zero-order chi connectivity index (χ0) is 12.4. The van der Waals surface area contributed by atoms with Gasteiger partial charge in [-0.05, 0) is 29.7 Å². The summed E-state index contributed by atoms with van der Waals surface area (Å²) in [5.41, 5.74) is 1.25. The molecule has 16 heavy (non-hydrogen) atoms. The van der Waals surface area contributed by atoms with Crippen molar-refractivity contribution in [3.63, 3.8) is 0 Å². The molecular weight excluding hydrogens is 196 g/mol. The van der Waals surface area contributed by atoms with Gasteiger partial charge >= 0.3 is 0 Å². The minimum absolute atomic E-state index is 0.113. The molecule has 2 aliphatic carbocycles. The van der Waals surface area contributed by atoms with E-state index in [1.165, 1.54) is 12.8 Å². The Hall–Kier alpha value is -0.590. The van der Waals surface area contributed by atoms with Crippen LogP contribution >= 0.6 is 0 Å². The highest BCUT2D eigenvalue weighted by molar-refractivity contribution is 6.01. The van der Waals surface area contributed by atoms with Crippen molar-refractivity contribution in [1.82, 2.24) is 0 Å². The van der Waals surface area contributed by atoms with Crippen molar-refractivity contribution in [3.05, 3.63) is 11.6 Å². The van der Waals surface area contributed by atoms with Crippen LogP contribution < -0.4 is 0 Å². The molecule has 1 heteroatoms. The van der Waals surface area contributed by atoms with Crippen LogP contribution in [-0.2, 0) is 4.79 Å². The van der Waals surface area contributed by atoms with Crippen LogP contribution in [0, 0.1) is 22.2 Å². The fourth-order valence-electron chi connectivity index (χ4n) is 3.43. The molecular formula is C15H24O. The normalized spacial score (nSPS) is 36.4. The lowest BCUT2D eigenvalue weighted by Crippen LogP contribution is -2.36. The van der Waals surface area contributed by atoms with Gasteiger partial charge in [0, 0.05) is 10.8 Å². The van der Waals surface area contributed by atoms with Crippen LogP contribution in [0.5, 0.6) is 0 Å². The number of hydrogen-bond acceptors (Lipinski definition) is 1. The summed E-state index contributed by atoms with van der Waals surface area (Å²) < 4.78 is 0. The van der Waals surface area contributed by atoms with E-state index in [1.54, 1.807) is 0 Å². The maximum Gasteiger partial charge on any atom is 0.164 e. The molecule has 0 aromatic rings. The maximum atomic E-state index is 12.5. The van der Waals surface area contributed by atoms with Crippen LogP contribution in [0.3, 0.4) is 0 Å². The zero-order valence-corrected chi connectivity index (χ0v) is 11.5. The van der Waals surface area contributed by atoms with Crippen molar-refractivity contribution in [3.8, 4) is 0 Å². The Kier molecular flexibility index (Phi) is 2.22. The van der Waals surface area contributed by atoms with E-state index in [2.05, 4.69) is 26.8 Å². The number of carbonyl (C=O) groups excluding carboxylic acids is 1. The van der Waals surface area contributed by atoms with Crippen LogP contribution in [0.1, 0.15) is 54.4 Å². The van der Waals surface area contributed by atoms with Crippen LogP contribution in [0.15, 0.2) is 11.6 Å². The van der Waals surface area contributed by atoms with E-state index in [0.29, 0.717) is 11.7 Å². The Morgan fingerprint density at radius 1 is 1.31 bits per heavy atom. The molecule has 0 heterocycles. The quantitative estimate of drug-likeness (QED) is 0.653. The van der Waals surface area contributed by atoms with Crippen LogP contribution in [-0.4, -0.2) is 5.78 Å². The summed E-state index contributed by atoms with van der Waals surface area (Å²) in [6.07, 6.45) is 4.71. The monoisotopic (exact) mass is 220 g/mol. The average Bonchev–Trinajstić information content (AvgIpc) is 2.46. The molecule has 1 fully saturated rings. The molecule has 1 saturated carbocycles. The summed E-state index contributed by atoms with van der Waals surface area (Å²) in [6.45, 7) is 13.0. The van der Waals surface area contributed by atoms with Crippen LogP contribution in [0.4, 0.5) is 0 Å². The Labute approximate surface area is 99.3 Å². The molecule has 0 unspecified atom stereocenters. The standard InChI is InChI=1S/C15H24O/c1-13(2,3)12(16)11-9-10-7-8-15(11,6)14(10,4)5/h9-10H,7-8H2,1-6H3/t10-,15+/m1/s1. The van der Waals surface area contributed by atoms with Gasteiger partial charge in [0.25, 0.3) is 0 Å².